The van der Waals surface area contributed by atoms with E-state index < -0.39 is 0 Å². The van der Waals surface area contributed by atoms with E-state index in [1.165, 1.54) is 19.3 Å². The van der Waals surface area contributed by atoms with Crippen molar-refractivity contribution < 1.29 is 14.4 Å². The molecule has 0 aromatic rings. The highest BCUT2D eigenvalue weighted by atomic mass is 16.7. The van der Waals surface area contributed by atoms with E-state index in [-0.39, 0.29) is 17.8 Å². The first-order chi connectivity index (χ1) is 9.24. The molecule has 110 valence electrons. The Bertz CT molecular complexity index is 273. The van der Waals surface area contributed by atoms with E-state index in [0.717, 1.165) is 44.9 Å². The van der Waals surface area contributed by atoms with Crippen LogP contribution in [0, 0.1) is 5.92 Å². The number of carbonyl (C=O) groups excluding carboxylic acids is 2. The minimum absolute atomic E-state index is 0.0334. The fourth-order valence-corrected chi connectivity index (χ4v) is 2.48. The summed E-state index contributed by atoms with van der Waals surface area (Å²) in [5, 5.41) is 0. The van der Waals surface area contributed by atoms with Crippen LogP contribution in [-0.2, 0) is 14.4 Å². The van der Waals surface area contributed by atoms with E-state index >= 15 is 0 Å². The molecule has 1 rings (SSSR count). The summed E-state index contributed by atoms with van der Waals surface area (Å²) in [6.45, 7) is 2.16. The zero-order chi connectivity index (χ0) is 13.9. The first-order valence-electron chi connectivity index (χ1n) is 7.73. The predicted octanol–water partition coefficient (Wildman–Crippen LogP) is 3.50. The molecule has 0 heterocycles. The molecule has 19 heavy (non-hydrogen) atoms. The molecule has 1 aliphatic rings. The van der Waals surface area contributed by atoms with Gasteiger partial charge in [0.05, 0.1) is 0 Å². The number of nitrogens with one attached hydrogen (secondary N) is 1. The minimum atomic E-state index is -0.319. The summed E-state index contributed by atoms with van der Waals surface area (Å²) in [5.74, 6) is -0.411. The van der Waals surface area contributed by atoms with Gasteiger partial charge in [-0.15, -0.1) is 0 Å². The van der Waals surface area contributed by atoms with E-state index in [4.69, 9.17) is 4.84 Å². The number of carbonyl (C=O) groups is 2. The molecule has 0 aromatic heterocycles. The monoisotopic (exact) mass is 269 g/mol. The topological polar surface area (TPSA) is 55.4 Å². The highest BCUT2D eigenvalue weighted by molar-refractivity contribution is 5.79. The van der Waals surface area contributed by atoms with Gasteiger partial charge in [-0.3, -0.25) is 4.79 Å². The molecule has 0 atom stereocenters. The van der Waals surface area contributed by atoms with Crippen LogP contribution in [0.3, 0.4) is 0 Å². The van der Waals surface area contributed by atoms with Crippen molar-refractivity contribution in [1.82, 2.24) is 5.48 Å². The Morgan fingerprint density at radius 2 is 1.74 bits per heavy atom. The maximum atomic E-state index is 11.7. The van der Waals surface area contributed by atoms with Gasteiger partial charge in [0.1, 0.15) is 0 Å². The lowest BCUT2D eigenvalue weighted by molar-refractivity contribution is -0.160. The summed E-state index contributed by atoms with van der Waals surface area (Å²) >= 11 is 0. The number of rotatable bonds is 7. The molecule has 0 bridgehead atoms. The fourth-order valence-electron chi connectivity index (χ4n) is 2.48. The second-order valence-corrected chi connectivity index (χ2v) is 5.44. The Kier molecular flexibility index (Phi) is 8.26. The van der Waals surface area contributed by atoms with Crippen molar-refractivity contribution in [3.8, 4) is 0 Å². The normalized spacial score (nSPS) is 16.1. The molecule has 0 aromatic carbocycles. The van der Waals surface area contributed by atoms with Crippen molar-refractivity contribution in [3.63, 3.8) is 0 Å². The van der Waals surface area contributed by atoms with Crippen LogP contribution < -0.4 is 5.48 Å². The molecule has 0 unspecified atom stereocenters. The molecule has 4 nitrogen and oxygen atoms in total. The molecule has 0 spiro atoms. The first-order valence-corrected chi connectivity index (χ1v) is 7.73. The van der Waals surface area contributed by atoms with Crippen LogP contribution in [-0.4, -0.2) is 11.9 Å². The summed E-state index contributed by atoms with van der Waals surface area (Å²) in [6.07, 6.45) is 11.1. The van der Waals surface area contributed by atoms with Crippen LogP contribution in [0.2, 0.25) is 0 Å². The summed E-state index contributed by atoms with van der Waals surface area (Å²) in [6, 6.07) is 0. The highest BCUT2D eigenvalue weighted by Crippen LogP contribution is 2.23. The number of hydroxylamine groups is 1. The van der Waals surface area contributed by atoms with E-state index in [2.05, 4.69) is 12.4 Å². The molecule has 0 radical (unpaired) electrons. The number of amides is 1. The Labute approximate surface area is 116 Å². The Hall–Kier alpha value is -1.06. The van der Waals surface area contributed by atoms with Crippen molar-refractivity contribution in [2.75, 3.05) is 0 Å². The number of unbranched alkanes of at least 4 members (excludes halogenated alkanes) is 4. The molecule has 1 amide bonds. The lowest BCUT2D eigenvalue weighted by Gasteiger charge is -2.20. The number of hydrogen-bond donors (Lipinski definition) is 1. The van der Waals surface area contributed by atoms with Gasteiger partial charge < -0.3 is 4.84 Å². The van der Waals surface area contributed by atoms with Crippen molar-refractivity contribution >= 4 is 11.9 Å². The molecular formula is C15H27NO3. The van der Waals surface area contributed by atoms with Crippen LogP contribution in [0.5, 0.6) is 0 Å². The minimum Gasteiger partial charge on any atom is -0.341 e. The summed E-state index contributed by atoms with van der Waals surface area (Å²) in [4.78, 5) is 28.0. The van der Waals surface area contributed by atoms with Gasteiger partial charge in [0, 0.05) is 12.3 Å². The third kappa shape index (κ3) is 7.19. The molecule has 1 saturated carbocycles. The van der Waals surface area contributed by atoms with E-state index in [1.54, 1.807) is 0 Å². The molecule has 0 saturated heterocycles. The summed E-state index contributed by atoms with van der Waals surface area (Å²) in [7, 11) is 0. The standard InChI is InChI=1S/C15H27NO3/c1-2-3-4-5-9-12-14(17)19-16-15(18)13-10-7-6-8-11-13/h13H,2-12H2,1H3,(H,16,18). The fraction of sp³-hybridized carbons (Fsp3) is 0.867. The lowest BCUT2D eigenvalue weighted by Crippen LogP contribution is -2.33. The van der Waals surface area contributed by atoms with Gasteiger partial charge in [-0.2, -0.15) is 5.48 Å². The molecule has 4 heteroatoms. The smallest absolute Gasteiger partial charge is 0.332 e. The second-order valence-electron chi connectivity index (χ2n) is 5.44. The van der Waals surface area contributed by atoms with Gasteiger partial charge in [-0.1, -0.05) is 51.9 Å². The van der Waals surface area contributed by atoms with Crippen LogP contribution >= 0.6 is 0 Å². The molecule has 0 aliphatic heterocycles. The quantitative estimate of drug-likeness (QED) is 0.568. The van der Waals surface area contributed by atoms with Crippen molar-refractivity contribution in [1.29, 1.82) is 0 Å². The molecular weight excluding hydrogens is 242 g/mol. The third-order valence-corrected chi connectivity index (χ3v) is 3.73. The Morgan fingerprint density at radius 3 is 2.42 bits per heavy atom. The third-order valence-electron chi connectivity index (χ3n) is 3.73. The van der Waals surface area contributed by atoms with Crippen LogP contribution in [0.1, 0.15) is 77.6 Å². The SMILES string of the molecule is CCCCCCCC(=O)ONC(=O)C1CCCCC1. The predicted molar refractivity (Wildman–Crippen MR) is 74.2 cm³/mol. The van der Waals surface area contributed by atoms with Gasteiger partial charge in [0.25, 0.3) is 5.91 Å². The van der Waals surface area contributed by atoms with Gasteiger partial charge in [-0.05, 0) is 19.3 Å². The number of hydrogen-bond acceptors (Lipinski definition) is 3. The van der Waals surface area contributed by atoms with Gasteiger partial charge in [-0.25, -0.2) is 4.79 Å². The van der Waals surface area contributed by atoms with Crippen LogP contribution in [0.4, 0.5) is 0 Å². The Balaban J connectivity index is 2.03. The largest absolute Gasteiger partial charge is 0.341 e. The van der Waals surface area contributed by atoms with Crippen molar-refractivity contribution in [2.24, 2.45) is 5.92 Å². The van der Waals surface area contributed by atoms with Crippen molar-refractivity contribution in [2.45, 2.75) is 77.6 Å². The maximum absolute atomic E-state index is 11.7. The first kappa shape index (κ1) is 16.0. The summed E-state index contributed by atoms with van der Waals surface area (Å²) in [5.41, 5.74) is 2.32. The van der Waals surface area contributed by atoms with Crippen LogP contribution in [0.15, 0.2) is 0 Å². The van der Waals surface area contributed by atoms with Gasteiger partial charge in [0.2, 0.25) is 0 Å². The van der Waals surface area contributed by atoms with E-state index in [9.17, 15) is 9.59 Å². The average Bonchev–Trinajstić information content (AvgIpc) is 2.45. The lowest BCUT2D eigenvalue weighted by atomic mass is 9.89. The average molecular weight is 269 g/mol. The molecule has 1 aliphatic carbocycles. The van der Waals surface area contributed by atoms with E-state index in [1.807, 2.05) is 0 Å². The second kappa shape index (κ2) is 9.82. The van der Waals surface area contributed by atoms with E-state index in [0.29, 0.717) is 6.42 Å². The zero-order valence-corrected chi connectivity index (χ0v) is 12.1. The molecule has 1 N–H and O–H groups in total. The molecule has 1 fully saturated rings. The van der Waals surface area contributed by atoms with Gasteiger partial charge >= 0.3 is 5.97 Å². The maximum Gasteiger partial charge on any atom is 0.332 e. The van der Waals surface area contributed by atoms with Crippen molar-refractivity contribution in [3.05, 3.63) is 0 Å². The highest BCUT2D eigenvalue weighted by Gasteiger charge is 2.21. The zero-order valence-electron chi connectivity index (χ0n) is 12.1. The Morgan fingerprint density at radius 1 is 1.05 bits per heavy atom. The van der Waals surface area contributed by atoms with Crippen LogP contribution in [0.25, 0.3) is 0 Å². The summed E-state index contributed by atoms with van der Waals surface area (Å²) < 4.78 is 0. The van der Waals surface area contributed by atoms with Gasteiger partial charge in [0.15, 0.2) is 0 Å².